The Bertz CT molecular complexity index is 343. The molecule has 0 saturated carbocycles. The van der Waals surface area contributed by atoms with Crippen molar-refractivity contribution < 1.29 is 0 Å². The third kappa shape index (κ3) is 1.93. The molecule has 0 spiro atoms. The van der Waals surface area contributed by atoms with Gasteiger partial charge in [0.1, 0.15) is 0 Å². The number of benzene rings is 1. The molecule has 0 fully saturated rings. The number of rotatable bonds is 1. The van der Waals surface area contributed by atoms with Crippen LogP contribution in [0.4, 0.5) is 5.69 Å². The number of allylic oxidation sites excluding steroid dienone is 2. The highest BCUT2D eigenvalue weighted by Crippen LogP contribution is 2.21. The second-order valence-electron chi connectivity index (χ2n) is 2.89. The highest BCUT2D eigenvalue weighted by Gasteiger charge is 2.00. The van der Waals surface area contributed by atoms with Crippen LogP contribution in [0.25, 0.3) is 0 Å². The van der Waals surface area contributed by atoms with Crippen LogP contribution in [0.2, 0.25) is 5.02 Å². The Balaban J connectivity index is 2.29. The van der Waals surface area contributed by atoms with Gasteiger partial charge in [-0.1, -0.05) is 29.8 Å². The molecule has 1 heterocycles. The second-order valence-corrected chi connectivity index (χ2v) is 3.33. The molecule has 66 valence electrons. The van der Waals surface area contributed by atoms with Gasteiger partial charge in [-0.25, -0.2) is 0 Å². The largest absolute Gasteiger partial charge is 0.324 e. The number of halogens is 1. The zero-order chi connectivity index (χ0) is 9.10. The quantitative estimate of drug-likeness (QED) is 0.656. The van der Waals surface area contributed by atoms with Crippen LogP contribution in [0.5, 0.6) is 0 Å². The van der Waals surface area contributed by atoms with Crippen molar-refractivity contribution in [2.45, 2.75) is 6.42 Å². The monoisotopic (exact) mass is 191 g/mol. The fourth-order valence-electron chi connectivity index (χ4n) is 1.29. The first-order valence-electron chi connectivity index (χ1n) is 4.23. The van der Waals surface area contributed by atoms with Gasteiger partial charge in [0.25, 0.3) is 0 Å². The molecule has 0 radical (unpaired) electrons. The number of nitrogens with zero attached hydrogens (tertiary/aromatic N) is 1. The lowest BCUT2D eigenvalue weighted by Crippen LogP contribution is -2.08. The molecule has 1 aromatic carbocycles. The first-order valence-corrected chi connectivity index (χ1v) is 4.61. The van der Waals surface area contributed by atoms with Crippen LogP contribution in [-0.4, -0.2) is 0 Å². The highest BCUT2D eigenvalue weighted by atomic mass is 35.5. The highest BCUT2D eigenvalue weighted by molar-refractivity contribution is 6.30. The third-order valence-corrected chi connectivity index (χ3v) is 2.15. The van der Waals surface area contributed by atoms with Crippen LogP contribution in [0.1, 0.15) is 6.42 Å². The molecule has 2 heteroatoms. The summed E-state index contributed by atoms with van der Waals surface area (Å²) in [6, 6.07) is 7.81. The molecule has 1 aliphatic rings. The summed E-state index contributed by atoms with van der Waals surface area (Å²) in [4.78, 5) is 2.05. The van der Waals surface area contributed by atoms with Crippen molar-refractivity contribution in [3.8, 4) is 0 Å². The van der Waals surface area contributed by atoms with Gasteiger partial charge in [-0.05, 0) is 24.6 Å². The van der Waals surface area contributed by atoms with Gasteiger partial charge in [0.2, 0.25) is 0 Å². The van der Waals surface area contributed by atoms with E-state index in [9.17, 15) is 0 Å². The fraction of sp³-hybridized carbons (Fsp3) is 0.0909. The van der Waals surface area contributed by atoms with Crippen molar-refractivity contribution in [1.82, 2.24) is 0 Å². The maximum atomic E-state index is 5.89. The summed E-state index contributed by atoms with van der Waals surface area (Å²) in [5.41, 5.74) is 1.10. The van der Waals surface area contributed by atoms with Gasteiger partial charge >= 0.3 is 0 Å². The molecule has 0 N–H and O–H groups in total. The van der Waals surface area contributed by atoms with Crippen molar-refractivity contribution in [3.63, 3.8) is 0 Å². The number of hydrogen-bond donors (Lipinski definition) is 0. The first kappa shape index (κ1) is 8.39. The molecule has 1 aromatic rings. The zero-order valence-electron chi connectivity index (χ0n) is 7.15. The minimum absolute atomic E-state index is 0.768. The van der Waals surface area contributed by atoms with Crippen molar-refractivity contribution in [2.75, 3.05) is 4.90 Å². The predicted molar refractivity (Wildman–Crippen MR) is 56.8 cm³/mol. The minimum atomic E-state index is 0.768. The summed E-state index contributed by atoms with van der Waals surface area (Å²) in [5.74, 6) is 0. The molecular formula is C11H10ClN. The molecule has 13 heavy (non-hydrogen) atoms. The molecule has 2 rings (SSSR count). The van der Waals surface area contributed by atoms with Crippen LogP contribution in [0, 0.1) is 0 Å². The van der Waals surface area contributed by atoms with Crippen LogP contribution >= 0.6 is 11.6 Å². The lowest BCUT2D eigenvalue weighted by atomic mass is 10.2. The summed E-state index contributed by atoms with van der Waals surface area (Å²) in [5, 5.41) is 0.768. The summed E-state index contributed by atoms with van der Waals surface area (Å²) in [6.45, 7) is 0. The zero-order valence-corrected chi connectivity index (χ0v) is 7.91. The van der Waals surface area contributed by atoms with Crippen LogP contribution in [0.15, 0.2) is 48.8 Å². The van der Waals surface area contributed by atoms with Crippen molar-refractivity contribution in [2.24, 2.45) is 0 Å². The van der Waals surface area contributed by atoms with Crippen molar-refractivity contribution in [3.05, 3.63) is 53.8 Å². The van der Waals surface area contributed by atoms with E-state index in [1.807, 2.05) is 36.7 Å². The Morgan fingerprint density at radius 2 is 1.92 bits per heavy atom. The third-order valence-electron chi connectivity index (χ3n) is 1.91. The van der Waals surface area contributed by atoms with E-state index in [-0.39, 0.29) is 0 Å². The average Bonchev–Trinajstić information content (AvgIpc) is 2.19. The maximum absolute atomic E-state index is 5.89. The molecule has 0 unspecified atom stereocenters. The van der Waals surface area contributed by atoms with Gasteiger partial charge < -0.3 is 4.90 Å². The van der Waals surface area contributed by atoms with E-state index in [1.165, 1.54) is 0 Å². The molecule has 0 atom stereocenters. The molecule has 0 bridgehead atoms. The Kier molecular flexibility index (Phi) is 2.37. The van der Waals surface area contributed by atoms with Crippen LogP contribution in [-0.2, 0) is 0 Å². The maximum Gasteiger partial charge on any atom is 0.0463 e. The van der Waals surface area contributed by atoms with E-state index in [2.05, 4.69) is 17.1 Å². The Morgan fingerprint density at radius 1 is 1.15 bits per heavy atom. The molecule has 0 aromatic heterocycles. The summed E-state index contributed by atoms with van der Waals surface area (Å²) < 4.78 is 0. The Morgan fingerprint density at radius 3 is 2.62 bits per heavy atom. The van der Waals surface area contributed by atoms with Gasteiger partial charge in [-0.15, -0.1) is 0 Å². The first-order chi connectivity index (χ1) is 6.36. The van der Waals surface area contributed by atoms with E-state index in [4.69, 9.17) is 11.6 Å². The normalized spacial score (nSPS) is 15.0. The van der Waals surface area contributed by atoms with E-state index in [0.717, 1.165) is 17.1 Å². The molecule has 0 amide bonds. The topological polar surface area (TPSA) is 3.24 Å². The summed E-state index contributed by atoms with van der Waals surface area (Å²) >= 11 is 5.89. The lowest BCUT2D eigenvalue weighted by molar-refractivity contribution is 1.18. The van der Waals surface area contributed by atoms with Gasteiger partial charge in [-0.3, -0.25) is 0 Å². The van der Waals surface area contributed by atoms with E-state index in [0.29, 0.717) is 0 Å². The summed E-state index contributed by atoms with van der Waals surface area (Å²) in [7, 11) is 0. The second kappa shape index (κ2) is 3.67. The smallest absolute Gasteiger partial charge is 0.0463 e. The molecule has 0 aliphatic carbocycles. The molecular weight excluding hydrogens is 182 g/mol. The fourth-order valence-corrected chi connectivity index (χ4v) is 1.47. The Labute approximate surface area is 82.9 Å². The average molecular weight is 192 g/mol. The van der Waals surface area contributed by atoms with E-state index >= 15 is 0 Å². The van der Waals surface area contributed by atoms with Gasteiger partial charge in [0.05, 0.1) is 0 Å². The van der Waals surface area contributed by atoms with E-state index in [1.54, 1.807) is 0 Å². The van der Waals surface area contributed by atoms with Crippen molar-refractivity contribution in [1.29, 1.82) is 0 Å². The Hall–Kier alpha value is -1.21. The van der Waals surface area contributed by atoms with E-state index < -0.39 is 0 Å². The minimum Gasteiger partial charge on any atom is -0.324 e. The molecule has 1 aliphatic heterocycles. The molecule has 0 saturated heterocycles. The van der Waals surface area contributed by atoms with Crippen LogP contribution in [0.3, 0.4) is 0 Å². The van der Waals surface area contributed by atoms with Crippen LogP contribution < -0.4 is 4.90 Å². The number of anilines is 1. The van der Waals surface area contributed by atoms with Crippen molar-refractivity contribution >= 4 is 17.3 Å². The lowest BCUT2D eigenvalue weighted by Gasteiger charge is -2.17. The summed E-state index contributed by atoms with van der Waals surface area (Å²) in [6.07, 6.45) is 9.33. The predicted octanol–water partition coefficient (Wildman–Crippen LogP) is 3.58. The SMILES string of the molecule is Clc1cccc(N2C=CCC=C2)c1. The standard InChI is InChI=1S/C11H10ClN/c12-10-5-4-6-11(9-10)13-7-2-1-3-8-13/h2-9H,1H2. The van der Waals surface area contributed by atoms with Gasteiger partial charge in [0, 0.05) is 23.1 Å². The van der Waals surface area contributed by atoms with Gasteiger partial charge in [0.15, 0.2) is 0 Å². The number of hydrogen-bond acceptors (Lipinski definition) is 1. The molecule has 1 nitrogen and oxygen atoms in total. The van der Waals surface area contributed by atoms with Gasteiger partial charge in [-0.2, -0.15) is 0 Å².